The Morgan fingerprint density at radius 1 is 1.19 bits per heavy atom. The van der Waals surface area contributed by atoms with Gasteiger partial charge in [0, 0.05) is 31.5 Å². The fourth-order valence-electron chi connectivity index (χ4n) is 3.63. The van der Waals surface area contributed by atoms with Crippen molar-refractivity contribution < 1.29 is 13.9 Å². The van der Waals surface area contributed by atoms with E-state index < -0.39 is 0 Å². The third-order valence-electron chi connectivity index (χ3n) is 5.30. The third-order valence-corrected chi connectivity index (χ3v) is 6.51. The van der Waals surface area contributed by atoms with Crippen LogP contribution in [0.3, 0.4) is 0 Å². The van der Waals surface area contributed by atoms with Crippen molar-refractivity contribution in [2.45, 2.75) is 18.9 Å². The van der Waals surface area contributed by atoms with E-state index >= 15 is 0 Å². The summed E-state index contributed by atoms with van der Waals surface area (Å²) in [7, 11) is 0. The van der Waals surface area contributed by atoms with Crippen LogP contribution in [0.5, 0.6) is 5.19 Å². The number of fused-ring (bicyclic) bond motifs is 1. The molecule has 0 saturated carbocycles. The van der Waals surface area contributed by atoms with Crippen LogP contribution in [0.2, 0.25) is 5.02 Å². The van der Waals surface area contributed by atoms with E-state index in [9.17, 15) is 9.18 Å². The average molecular weight is 457 g/mol. The second-order valence-electron chi connectivity index (χ2n) is 7.35. The summed E-state index contributed by atoms with van der Waals surface area (Å²) in [4.78, 5) is 19.1. The van der Waals surface area contributed by atoms with Crippen molar-refractivity contribution in [1.29, 1.82) is 0 Å². The second kappa shape index (κ2) is 8.28. The first-order chi connectivity index (χ1) is 15.1. The van der Waals surface area contributed by atoms with E-state index in [1.54, 1.807) is 23.1 Å². The number of thiazole rings is 1. The van der Waals surface area contributed by atoms with E-state index in [1.165, 1.54) is 23.5 Å². The molecule has 0 spiro atoms. The summed E-state index contributed by atoms with van der Waals surface area (Å²) in [6.45, 7) is 1.17. The van der Waals surface area contributed by atoms with E-state index in [0.717, 1.165) is 15.8 Å². The number of ether oxygens (including phenoxy) is 1. The molecule has 4 aromatic rings. The zero-order valence-electron chi connectivity index (χ0n) is 16.3. The maximum absolute atomic E-state index is 13.1. The minimum Gasteiger partial charge on any atom is -0.467 e. The SMILES string of the molecule is O=C(c1cc(-c2ccc(F)cc2)n[nH]1)N1CCC(Oc2nc3c(Cl)cccc3s2)CC1. The number of hydrogen-bond donors (Lipinski definition) is 1. The molecule has 5 rings (SSSR count). The van der Waals surface area contributed by atoms with Crippen LogP contribution in [0.25, 0.3) is 21.5 Å². The Kier molecular flexibility index (Phi) is 5.33. The summed E-state index contributed by atoms with van der Waals surface area (Å²) in [6.07, 6.45) is 1.43. The van der Waals surface area contributed by atoms with Gasteiger partial charge in [-0.05, 0) is 42.5 Å². The monoisotopic (exact) mass is 456 g/mol. The molecule has 6 nitrogen and oxygen atoms in total. The molecule has 0 radical (unpaired) electrons. The molecule has 0 unspecified atom stereocenters. The Morgan fingerprint density at radius 2 is 1.97 bits per heavy atom. The fraction of sp³-hybridized carbons (Fsp3) is 0.227. The minimum absolute atomic E-state index is 0.0000641. The number of nitrogens with one attached hydrogen (secondary N) is 1. The average Bonchev–Trinajstić information content (AvgIpc) is 3.42. The number of carbonyl (C=O) groups is 1. The maximum atomic E-state index is 13.1. The third kappa shape index (κ3) is 4.13. The number of amides is 1. The molecule has 1 aliphatic rings. The number of piperidine rings is 1. The molecule has 1 aliphatic heterocycles. The van der Waals surface area contributed by atoms with E-state index in [2.05, 4.69) is 15.2 Å². The number of nitrogens with zero attached hydrogens (tertiary/aromatic N) is 3. The molecule has 2 aromatic carbocycles. The molecular formula is C22H18ClFN4O2S. The van der Waals surface area contributed by atoms with Crippen molar-refractivity contribution in [2.75, 3.05) is 13.1 Å². The molecule has 1 fully saturated rings. The molecule has 1 N–H and O–H groups in total. The van der Waals surface area contributed by atoms with Crippen molar-refractivity contribution in [1.82, 2.24) is 20.1 Å². The normalized spacial score (nSPS) is 14.8. The Bertz CT molecular complexity index is 1230. The topological polar surface area (TPSA) is 71.1 Å². The highest BCUT2D eigenvalue weighted by molar-refractivity contribution is 7.20. The van der Waals surface area contributed by atoms with Gasteiger partial charge >= 0.3 is 0 Å². The Morgan fingerprint density at radius 3 is 2.71 bits per heavy atom. The van der Waals surface area contributed by atoms with E-state index in [4.69, 9.17) is 16.3 Å². The predicted octanol–water partition coefficient (Wildman–Crippen LogP) is 5.16. The molecule has 9 heteroatoms. The molecule has 3 heterocycles. The highest BCUT2D eigenvalue weighted by Gasteiger charge is 2.26. The lowest BCUT2D eigenvalue weighted by Gasteiger charge is -2.31. The van der Waals surface area contributed by atoms with Crippen molar-refractivity contribution in [3.63, 3.8) is 0 Å². The first-order valence-electron chi connectivity index (χ1n) is 9.89. The number of para-hydroxylation sites is 1. The van der Waals surface area contributed by atoms with Crippen LogP contribution in [0.15, 0.2) is 48.5 Å². The van der Waals surface area contributed by atoms with E-state index in [-0.39, 0.29) is 17.8 Å². The standard InChI is InChI=1S/C22H18ClFN4O2S/c23-16-2-1-3-19-20(16)25-22(31-19)30-15-8-10-28(11-9-15)21(29)18-12-17(26-27-18)13-4-6-14(24)7-5-13/h1-7,12,15H,8-11H2,(H,26,27). The van der Waals surface area contributed by atoms with Gasteiger partial charge in [-0.25, -0.2) is 9.37 Å². The van der Waals surface area contributed by atoms with Gasteiger partial charge in [-0.3, -0.25) is 9.89 Å². The van der Waals surface area contributed by atoms with Gasteiger partial charge in [0.25, 0.3) is 11.1 Å². The van der Waals surface area contributed by atoms with Crippen LogP contribution in [-0.4, -0.2) is 45.2 Å². The van der Waals surface area contributed by atoms with E-state index in [1.807, 2.05) is 18.2 Å². The van der Waals surface area contributed by atoms with Crippen molar-refractivity contribution in [3.8, 4) is 16.5 Å². The summed E-state index contributed by atoms with van der Waals surface area (Å²) in [6, 6.07) is 13.4. The molecule has 31 heavy (non-hydrogen) atoms. The lowest BCUT2D eigenvalue weighted by Crippen LogP contribution is -2.41. The highest BCUT2D eigenvalue weighted by atomic mass is 35.5. The zero-order valence-corrected chi connectivity index (χ0v) is 17.9. The van der Waals surface area contributed by atoms with Gasteiger partial charge in [0.1, 0.15) is 23.1 Å². The predicted molar refractivity (Wildman–Crippen MR) is 118 cm³/mol. The van der Waals surface area contributed by atoms with Gasteiger partial charge in [0.2, 0.25) is 0 Å². The van der Waals surface area contributed by atoms with Crippen LogP contribution >= 0.6 is 22.9 Å². The van der Waals surface area contributed by atoms with Crippen molar-refractivity contribution >= 4 is 39.1 Å². The highest BCUT2D eigenvalue weighted by Crippen LogP contribution is 2.33. The molecule has 2 aromatic heterocycles. The molecule has 0 aliphatic carbocycles. The summed E-state index contributed by atoms with van der Waals surface area (Å²) < 4.78 is 20.2. The fourth-order valence-corrected chi connectivity index (χ4v) is 4.82. The minimum atomic E-state index is -0.311. The van der Waals surface area contributed by atoms with Gasteiger partial charge in [-0.2, -0.15) is 5.10 Å². The summed E-state index contributed by atoms with van der Waals surface area (Å²) in [5.41, 5.74) is 2.53. The first-order valence-corrected chi connectivity index (χ1v) is 11.1. The summed E-state index contributed by atoms with van der Waals surface area (Å²) in [5, 5.41) is 8.21. The van der Waals surface area contributed by atoms with Crippen molar-refractivity contribution in [3.05, 3.63) is 65.1 Å². The van der Waals surface area contributed by atoms with Crippen LogP contribution < -0.4 is 4.74 Å². The molecule has 1 saturated heterocycles. The van der Waals surface area contributed by atoms with Gasteiger partial charge < -0.3 is 9.64 Å². The number of halogens is 2. The van der Waals surface area contributed by atoms with Gasteiger partial charge in [0.15, 0.2) is 0 Å². The first kappa shape index (κ1) is 20.0. The molecular weight excluding hydrogens is 439 g/mol. The number of H-pyrrole nitrogens is 1. The molecule has 158 valence electrons. The van der Waals surface area contributed by atoms with Crippen LogP contribution in [0.4, 0.5) is 4.39 Å². The molecule has 0 bridgehead atoms. The van der Waals surface area contributed by atoms with Crippen LogP contribution in [-0.2, 0) is 0 Å². The zero-order chi connectivity index (χ0) is 21.4. The number of aromatic nitrogens is 3. The second-order valence-corrected chi connectivity index (χ2v) is 8.75. The van der Waals surface area contributed by atoms with E-state index in [0.29, 0.717) is 47.5 Å². The quantitative estimate of drug-likeness (QED) is 0.460. The smallest absolute Gasteiger partial charge is 0.274 e. The van der Waals surface area contributed by atoms with Crippen LogP contribution in [0, 0.1) is 5.82 Å². The lowest BCUT2D eigenvalue weighted by molar-refractivity contribution is 0.0590. The van der Waals surface area contributed by atoms with Gasteiger partial charge in [-0.1, -0.05) is 29.0 Å². The summed E-state index contributed by atoms with van der Waals surface area (Å²) >= 11 is 7.67. The lowest BCUT2D eigenvalue weighted by atomic mass is 10.1. The number of hydrogen-bond acceptors (Lipinski definition) is 5. The Hall–Kier alpha value is -2.97. The van der Waals surface area contributed by atoms with Gasteiger partial charge in [0.05, 0.1) is 15.4 Å². The number of benzene rings is 2. The molecule has 1 amide bonds. The maximum Gasteiger partial charge on any atom is 0.274 e. The Balaban J connectivity index is 1.20. The summed E-state index contributed by atoms with van der Waals surface area (Å²) in [5.74, 6) is -0.416. The number of likely N-dealkylation sites (tertiary alicyclic amines) is 1. The molecule has 0 atom stereocenters. The number of aromatic amines is 1. The van der Waals surface area contributed by atoms with Crippen LogP contribution in [0.1, 0.15) is 23.3 Å². The Labute approximate surface area is 186 Å². The van der Waals surface area contributed by atoms with Gasteiger partial charge in [-0.15, -0.1) is 0 Å². The number of rotatable bonds is 4. The number of carbonyl (C=O) groups excluding carboxylic acids is 1. The van der Waals surface area contributed by atoms with Crippen molar-refractivity contribution in [2.24, 2.45) is 0 Å². The largest absolute Gasteiger partial charge is 0.467 e.